The molecule has 6 nitrogen and oxygen atoms in total. The van der Waals surface area contributed by atoms with Gasteiger partial charge in [0.25, 0.3) is 0 Å². The second-order valence-electron chi connectivity index (χ2n) is 5.81. The molecule has 0 bridgehead atoms. The number of pyridine rings is 1. The summed E-state index contributed by atoms with van der Waals surface area (Å²) in [6.07, 6.45) is 1.70. The zero-order chi connectivity index (χ0) is 18.0. The lowest BCUT2D eigenvalue weighted by molar-refractivity contribution is -0.137. The third-order valence-corrected chi connectivity index (χ3v) is 4.30. The Labute approximate surface area is 145 Å². The quantitative estimate of drug-likeness (QED) is 0.745. The van der Waals surface area contributed by atoms with Crippen LogP contribution >= 0.6 is 0 Å². The number of hydrogen-bond donors (Lipinski definition) is 1. The van der Waals surface area contributed by atoms with Gasteiger partial charge in [-0.05, 0) is 36.8 Å². The van der Waals surface area contributed by atoms with Gasteiger partial charge in [0.05, 0.1) is 26.3 Å². The molecule has 0 aliphatic carbocycles. The summed E-state index contributed by atoms with van der Waals surface area (Å²) in [5, 5.41) is 9.43. The summed E-state index contributed by atoms with van der Waals surface area (Å²) in [6.45, 7) is 1.98. The summed E-state index contributed by atoms with van der Waals surface area (Å²) in [5.74, 6) is -0.0488. The summed E-state index contributed by atoms with van der Waals surface area (Å²) in [5.41, 5.74) is 3.47. The van der Waals surface area contributed by atoms with E-state index in [1.54, 1.807) is 26.5 Å². The third-order valence-electron chi connectivity index (χ3n) is 4.30. The van der Waals surface area contributed by atoms with Gasteiger partial charge in [0.15, 0.2) is 11.5 Å². The normalized spacial score (nSPS) is 12.1. The SMILES string of the molecule is COc1ccc(C(CC(=O)O)c2cnc3cccc(C)n23)cc1OC. The molecule has 0 fully saturated rings. The molecule has 0 aliphatic rings. The van der Waals surface area contributed by atoms with Gasteiger partial charge in [-0.1, -0.05) is 12.1 Å². The summed E-state index contributed by atoms with van der Waals surface area (Å²) >= 11 is 0. The van der Waals surface area contributed by atoms with E-state index in [4.69, 9.17) is 9.47 Å². The van der Waals surface area contributed by atoms with Crippen molar-refractivity contribution in [3.8, 4) is 11.5 Å². The number of aliphatic carboxylic acids is 1. The molecule has 1 unspecified atom stereocenters. The summed E-state index contributed by atoms with van der Waals surface area (Å²) in [7, 11) is 3.13. The number of nitrogens with zero attached hydrogens (tertiary/aromatic N) is 2. The molecule has 0 aliphatic heterocycles. The number of hydrogen-bond acceptors (Lipinski definition) is 4. The lowest BCUT2D eigenvalue weighted by atomic mass is 9.92. The molecule has 25 heavy (non-hydrogen) atoms. The molecule has 130 valence electrons. The van der Waals surface area contributed by atoms with Crippen molar-refractivity contribution in [1.29, 1.82) is 0 Å². The van der Waals surface area contributed by atoms with E-state index in [2.05, 4.69) is 4.98 Å². The molecule has 0 saturated heterocycles. The molecule has 1 aromatic carbocycles. The van der Waals surface area contributed by atoms with Crippen molar-refractivity contribution in [3.05, 3.63) is 59.5 Å². The monoisotopic (exact) mass is 340 g/mol. The standard InChI is InChI=1S/C19H20N2O4/c1-12-5-4-6-18-20-11-15(21(12)18)14(10-19(22)23)13-7-8-16(24-2)17(9-13)25-3/h4-9,11,14H,10H2,1-3H3,(H,22,23). The minimum atomic E-state index is -0.872. The third kappa shape index (κ3) is 3.15. The van der Waals surface area contributed by atoms with Gasteiger partial charge in [-0.15, -0.1) is 0 Å². The Bertz CT molecular complexity index is 917. The first-order valence-electron chi connectivity index (χ1n) is 7.91. The van der Waals surface area contributed by atoms with Crippen molar-refractivity contribution in [2.75, 3.05) is 14.2 Å². The first kappa shape index (κ1) is 16.8. The number of benzene rings is 1. The molecule has 0 amide bonds. The Morgan fingerprint density at radius 3 is 2.64 bits per heavy atom. The van der Waals surface area contributed by atoms with Crippen LogP contribution in [0.25, 0.3) is 5.65 Å². The van der Waals surface area contributed by atoms with Gasteiger partial charge >= 0.3 is 5.97 Å². The van der Waals surface area contributed by atoms with E-state index >= 15 is 0 Å². The van der Waals surface area contributed by atoms with Gasteiger partial charge < -0.3 is 19.0 Å². The van der Waals surface area contributed by atoms with Gasteiger partial charge in [-0.2, -0.15) is 0 Å². The van der Waals surface area contributed by atoms with E-state index in [1.807, 2.05) is 41.7 Å². The van der Waals surface area contributed by atoms with Crippen LogP contribution in [0.4, 0.5) is 0 Å². The van der Waals surface area contributed by atoms with Crippen LogP contribution in [-0.2, 0) is 4.79 Å². The lowest BCUT2D eigenvalue weighted by Gasteiger charge is -2.18. The fourth-order valence-corrected chi connectivity index (χ4v) is 3.11. The highest BCUT2D eigenvalue weighted by Crippen LogP contribution is 2.35. The first-order valence-corrected chi connectivity index (χ1v) is 7.91. The van der Waals surface area contributed by atoms with Crippen molar-refractivity contribution in [3.63, 3.8) is 0 Å². The summed E-state index contributed by atoms with van der Waals surface area (Å²) < 4.78 is 12.6. The minimum absolute atomic E-state index is 0.0440. The molecule has 3 aromatic rings. The molecule has 2 aromatic heterocycles. The largest absolute Gasteiger partial charge is 0.493 e. The highest BCUT2D eigenvalue weighted by atomic mass is 16.5. The van der Waals surface area contributed by atoms with E-state index in [-0.39, 0.29) is 12.3 Å². The molecule has 0 saturated carbocycles. The van der Waals surface area contributed by atoms with Crippen LogP contribution < -0.4 is 9.47 Å². The van der Waals surface area contributed by atoms with Crippen molar-refractivity contribution >= 4 is 11.6 Å². The lowest BCUT2D eigenvalue weighted by Crippen LogP contribution is -2.11. The molecule has 6 heteroatoms. The van der Waals surface area contributed by atoms with Crippen LogP contribution in [0.2, 0.25) is 0 Å². The summed E-state index contributed by atoms with van der Waals surface area (Å²) in [4.78, 5) is 15.9. The van der Waals surface area contributed by atoms with Crippen molar-refractivity contribution < 1.29 is 19.4 Å². The highest BCUT2D eigenvalue weighted by Gasteiger charge is 2.23. The van der Waals surface area contributed by atoms with Crippen LogP contribution in [0, 0.1) is 6.92 Å². The van der Waals surface area contributed by atoms with Crippen molar-refractivity contribution in [2.24, 2.45) is 0 Å². The number of carboxylic acids is 1. The van der Waals surface area contributed by atoms with Gasteiger partial charge in [0, 0.05) is 17.8 Å². The molecule has 1 atom stereocenters. The Kier molecular flexibility index (Phi) is 4.61. The van der Waals surface area contributed by atoms with E-state index in [1.165, 1.54) is 0 Å². The Morgan fingerprint density at radius 2 is 1.96 bits per heavy atom. The fourth-order valence-electron chi connectivity index (χ4n) is 3.11. The maximum atomic E-state index is 11.5. The van der Waals surface area contributed by atoms with Crippen LogP contribution in [0.1, 0.15) is 29.3 Å². The topological polar surface area (TPSA) is 73.1 Å². The Balaban J connectivity index is 2.16. The predicted molar refractivity (Wildman–Crippen MR) is 93.6 cm³/mol. The van der Waals surface area contributed by atoms with Crippen LogP contribution in [0.5, 0.6) is 11.5 Å². The second-order valence-corrected chi connectivity index (χ2v) is 5.81. The molecule has 2 heterocycles. The zero-order valence-corrected chi connectivity index (χ0v) is 14.4. The second kappa shape index (κ2) is 6.84. The fraction of sp³-hybridized carbons (Fsp3) is 0.263. The predicted octanol–water partition coefficient (Wildman–Crippen LogP) is 3.27. The molecule has 0 spiro atoms. The number of rotatable bonds is 6. The molecule has 0 radical (unpaired) electrons. The van der Waals surface area contributed by atoms with Crippen molar-refractivity contribution in [2.45, 2.75) is 19.3 Å². The number of carboxylic acid groups (broad SMARTS) is 1. The Morgan fingerprint density at radius 1 is 1.20 bits per heavy atom. The maximum absolute atomic E-state index is 11.5. The van der Waals surface area contributed by atoms with E-state index in [0.717, 1.165) is 22.6 Å². The minimum Gasteiger partial charge on any atom is -0.493 e. The number of methoxy groups -OCH3 is 2. The molecule has 1 N–H and O–H groups in total. The van der Waals surface area contributed by atoms with Crippen LogP contribution in [-0.4, -0.2) is 34.7 Å². The zero-order valence-electron chi connectivity index (χ0n) is 14.4. The van der Waals surface area contributed by atoms with E-state index in [9.17, 15) is 9.90 Å². The van der Waals surface area contributed by atoms with Crippen LogP contribution in [0.3, 0.4) is 0 Å². The number of aryl methyl sites for hydroxylation is 1. The number of carbonyl (C=O) groups is 1. The average Bonchev–Trinajstić information content (AvgIpc) is 3.04. The van der Waals surface area contributed by atoms with Gasteiger partial charge in [0.1, 0.15) is 5.65 Å². The first-order chi connectivity index (χ1) is 12.0. The maximum Gasteiger partial charge on any atom is 0.304 e. The van der Waals surface area contributed by atoms with Gasteiger partial charge in [-0.25, -0.2) is 4.98 Å². The number of ether oxygens (including phenoxy) is 2. The number of aromatic nitrogens is 2. The average molecular weight is 340 g/mol. The molecular weight excluding hydrogens is 320 g/mol. The highest BCUT2D eigenvalue weighted by molar-refractivity contribution is 5.69. The number of imidazole rings is 1. The van der Waals surface area contributed by atoms with E-state index in [0.29, 0.717) is 11.5 Å². The summed E-state index contributed by atoms with van der Waals surface area (Å²) in [6, 6.07) is 11.3. The molecule has 3 rings (SSSR count). The van der Waals surface area contributed by atoms with Gasteiger partial charge in [-0.3, -0.25) is 4.79 Å². The van der Waals surface area contributed by atoms with Gasteiger partial charge in [0.2, 0.25) is 0 Å². The van der Waals surface area contributed by atoms with Crippen molar-refractivity contribution in [1.82, 2.24) is 9.38 Å². The number of fused-ring (bicyclic) bond motifs is 1. The molecular formula is C19H20N2O4. The smallest absolute Gasteiger partial charge is 0.304 e. The Hall–Kier alpha value is -3.02. The van der Waals surface area contributed by atoms with Crippen LogP contribution in [0.15, 0.2) is 42.6 Å². The van der Waals surface area contributed by atoms with E-state index < -0.39 is 5.97 Å².